The fraction of sp³-hybridized carbons (Fsp3) is 0.400. The second-order valence-electron chi connectivity index (χ2n) is 3.39. The van der Waals surface area contributed by atoms with Crippen LogP contribution >= 0.6 is 11.6 Å². The van der Waals surface area contributed by atoms with Gasteiger partial charge in [0.2, 0.25) is 0 Å². The summed E-state index contributed by atoms with van der Waals surface area (Å²) in [5.74, 6) is -0.297. The Morgan fingerprint density at radius 1 is 1.69 bits per heavy atom. The van der Waals surface area contributed by atoms with Crippen LogP contribution in [0, 0.1) is 0 Å². The lowest BCUT2D eigenvalue weighted by atomic mass is 10.2. The lowest BCUT2D eigenvalue weighted by Crippen LogP contribution is -2.27. The highest BCUT2D eigenvalue weighted by molar-refractivity contribution is 6.29. The summed E-state index contributed by atoms with van der Waals surface area (Å²) in [5.41, 5.74) is 7.32. The molecule has 16 heavy (non-hydrogen) atoms. The summed E-state index contributed by atoms with van der Waals surface area (Å²) in [6, 6.07) is 0. The number of aromatic nitrogens is 2. The van der Waals surface area contributed by atoms with Crippen LogP contribution in [0.4, 0.5) is 5.69 Å². The fourth-order valence-corrected chi connectivity index (χ4v) is 1.45. The summed E-state index contributed by atoms with van der Waals surface area (Å²) in [5, 5.41) is 7.12. The minimum absolute atomic E-state index is 0.215. The summed E-state index contributed by atoms with van der Waals surface area (Å²) < 4.78 is 1.47. The molecule has 0 aliphatic rings. The zero-order valence-corrected chi connectivity index (χ0v) is 10.1. The third kappa shape index (κ3) is 2.55. The molecule has 1 aromatic heterocycles. The van der Waals surface area contributed by atoms with Crippen molar-refractivity contribution in [3.8, 4) is 0 Å². The van der Waals surface area contributed by atoms with Gasteiger partial charge in [0.15, 0.2) is 0 Å². The van der Waals surface area contributed by atoms with Gasteiger partial charge < -0.3 is 11.1 Å². The number of nitrogen functional groups attached to an aromatic ring is 1. The van der Waals surface area contributed by atoms with E-state index in [0.29, 0.717) is 22.8 Å². The molecule has 0 spiro atoms. The topological polar surface area (TPSA) is 72.9 Å². The smallest absolute Gasteiger partial charge is 0.271 e. The van der Waals surface area contributed by atoms with E-state index in [4.69, 9.17) is 17.3 Å². The van der Waals surface area contributed by atoms with Crippen molar-refractivity contribution >= 4 is 23.2 Å². The molecule has 5 nitrogen and oxygen atoms in total. The van der Waals surface area contributed by atoms with Crippen LogP contribution in [0.2, 0.25) is 0 Å². The number of carbonyl (C=O) groups excluding carboxylic acids is 1. The van der Waals surface area contributed by atoms with Gasteiger partial charge >= 0.3 is 0 Å². The highest BCUT2D eigenvalue weighted by atomic mass is 35.5. The minimum atomic E-state index is -0.297. The van der Waals surface area contributed by atoms with E-state index in [-0.39, 0.29) is 12.5 Å². The molecule has 1 heterocycles. The third-order valence-corrected chi connectivity index (χ3v) is 2.28. The SMILES string of the molecule is C=C(Cl)CNC(=O)c1c(N)c(CC)nn1C. The zero-order chi connectivity index (χ0) is 12.3. The molecule has 1 rings (SSSR count). The molecule has 1 amide bonds. The second kappa shape index (κ2) is 5.03. The predicted octanol–water partition coefficient (Wildman–Crippen LogP) is 1.05. The van der Waals surface area contributed by atoms with E-state index in [1.54, 1.807) is 7.05 Å². The molecule has 0 unspecified atom stereocenters. The van der Waals surface area contributed by atoms with Crippen molar-refractivity contribution in [2.75, 3.05) is 12.3 Å². The molecular formula is C10H15ClN4O. The van der Waals surface area contributed by atoms with Crippen LogP contribution in [-0.4, -0.2) is 22.2 Å². The van der Waals surface area contributed by atoms with Gasteiger partial charge in [-0.1, -0.05) is 25.1 Å². The number of hydrogen-bond acceptors (Lipinski definition) is 3. The van der Waals surface area contributed by atoms with E-state index < -0.39 is 0 Å². The Morgan fingerprint density at radius 3 is 2.75 bits per heavy atom. The van der Waals surface area contributed by atoms with E-state index in [9.17, 15) is 4.79 Å². The van der Waals surface area contributed by atoms with Gasteiger partial charge in [0.1, 0.15) is 5.69 Å². The molecule has 0 radical (unpaired) electrons. The average Bonchev–Trinajstić information content (AvgIpc) is 2.50. The second-order valence-corrected chi connectivity index (χ2v) is 3.92. The average molecular weight is 243 g/mol. The van der Waals surface area contributed by atoms with Gasteiger partial charge in [-0.15, -0.1) is 0 Å². The first kappa shape index (κ1) is 12.6. The number of hydrogen-bond donors (Lipinski definition) is 2. The van der Waals surface area contributed by atoms with Crippen LogP contribution in [-0.2, 0) is 13.5 Å². The number of aryl methyl sites for hydroxylation is 2. The Bertz CT molecular complexity index is 425. The van der Waals surface area contributed by atoms with Crippen molar-refractivity contribution in [1.29, 1.82) is 0 Å². The number of nitrogens with one attached hydrogen (secondary N) is 1. The van der Waals surface area contributed by atoms with Crippen molar-refractivity contribution in [2.24, 2.45) is 7.05 Å². The molecule has 0 fully saturated rings. The molecule has 0 aliphatic carbocycles. The maximum Gasteiger partial charge on any atom is 0.271 e. The summed E-state index contributed by atoms with van der Waals surface area (Å²) in [7, 11) is 1.68. The first-order valence-electron chi connectivity index (χ1n) is 4.90. The van der Waals surface area contributed by atoms with Crippen molar-refractivity contribution in [3.05, 3.63) is 23.0 Å². The van der Waals surface area contributed by atoms with Crippen LogP contribution in [0.1, 0.15) is 23.1 Å². The highest BCUT2D eigenvalue weighted by Gasteiger charge is 2.18. The summed E-state index contributed by atoms with van der Waals surface area (Å²) in [6.07, 6.45) is 0.690. The lowest BCUT2D eigenvalue weighted by Gasteiger charge is -2.04. The first-order chi connectivity index (χ1) is 7.47. The Kier molecular flexibility index (Phi) is 3.95. The molecule has 3 N–H and O–H groups in total. The molecule has 0 saturated carbocycles. The molecule has 1 aromatic rings. The van der Waals surface area contributed by atoms with Gasteiger partial charge in [-0.3, -0.25) is 9.48 Å². The molecule has 6 heteroatoms. The van der Waals surface area contributed by atoms with Gasteiger partial charge in [-0.05, 0) is 6.42 Å². The summed E-state index contributed by atoms with van der Waals surface area (Å²) in [6.45, 7) is 5.63. The maximum absolute atomic E-state index is 11.8. The van der Waals surface area contributed by atoms with Crippen LogP contribution in [0.15, 0.2) is 11.6 Å². The predicted molar refractivity (Wildman–Crippen MR) is 64.3 cm³/mol. The summed E-state index contributed by atoms with van der Waals surface area (Å²) in [4.78, 5) is 11.8. The molecule has 0 aromatic carbocycles. The number of amides is 1. The molecular weight excluding hydrogens is 228 g/mol. The van der Waals surface area contributed by atoms with E-state index in [0.717, 1.165) is 5.69 Å². The van der Waals surface area contributed by atoms with Gasteiger partial charge in [-0.25, -0.2) is 0 Å². The normalized spacial score (nSPS) is 10.2. The molecule has 0 bridgehead atoms. The van der Waals surface area contributed by atoms with Crippen molar-refractivity contribution in [2.45, 2.75) is 13.3 Å². The number of nitrogens with zero attached hydrogens (tertiary/aromatic N) is 2. The van der Waals surface area contributed by atoms with E-state index in [1.165, 1.54) is 4.68 Å². The Labute approximate surface area is 99.3 Å². The number of rotatable bonds is 4. The Balaban J connectivity index is 2.90. The minimum Gasteiger partial charge on any atom is -0.395 e. The van der Waals surface area contributed by atoms with Gasteiger partial charge in [-0.2, -0.15) is 5.10 Å². The van der Waals surface area contributed by atoms with E-state index in [2.05, 4.69) is 17.0 Å². The molecule has 0 aliphatic heterocycles. The van der Waals surface area contributed by atoms with Crippen LogP contribution < -0.4 is 11.1 Å². The number of halogens is 1. The van der Waals surface area contributed by atoms with Gasteiger partial charge in [0.25, 0.3) is 5.91 Å². The van der Waals surface area contributed by atoms with Crippen molar-refractivity contribution in [1.82, 2.24) is 15.1 Å². The van der Waals surface area contributed by atoms with Gasteiger partial charge in [0.05, 0.1) is 17.9 Å². The Morgan fingerprint density at radius 2 is 2.31 bits per heavy atom. The van der Waals surface area contributed by atoms with Crippen molar-refractivity contribution in [3.63, 3.8) is 0 Å². The fourth-order valence-electron chi connectivity index (χ4n) is 1.39. The monoisotopic (exact) mass is 242 g/mol. The van der Waals surface area contributed by atoms with Crippen LogP contribution in [0.25, 0.3) is 0 Å². The first-order valence-corrected chi connectivity index (χ1v) is 5.28. The number of anilines is 1. The number of nitrogens with two attached hydrogens (primary N) is 1. The summed E-state index contributed by atoms with van der Waals surface area (Å²) >= 11 is 5.56. The maximum atomic E-state index is 11.8. The largest absolute Gasteiger partial charge is 0.395 e. The molecule has 0 atom stereocenters. The Hall–Kier alpha value is -1.49. The van der Waals surface area contributed by atoms with Crippen molar-refractivity contribution < 1.29 is 4.79 Å². The lowest BCUT2D eigenvalue weighted by molar-refractivity contribution is 0.0949. The van der Waals surface area contributed by atoms with E-state index in [1.807, 2.05) is 6.92 Å². The van der Waals surface area contributed by atoms with Crippen LogP contribution in [0.3, 0.4) is 0 Å². The highest BCUT2D eigenvalue weighted by Crippen LogP contribution is 2.16. The van der Waals surface area contributed by atoms with E-state index >= 15 is 0 Å². The quantitative estimate of drug-likeness (QED) is 0.829. The number of carbonyl (C=O) groups is 1. The molecule has 88 valence electrons. The van der Waals surface area contributed by atoms with Gasteiger partial charge in [0, 0.05) is 12.1 Å². The van der Waals surface area contributed by atoms with Crippen LogP contribution in [0.5, 0.6) is 0 Å². The standard InChI is InChI=1S/C10H15ClN4O/c1-4-7-8(12)9(15(3)14-7)10(16)13-5-6(2)11/h2,4-5,12H2,1,3H3,(H,13,16). The zero-order valence-electron chi connectivity index (χ0n) is 9.38. The third-order valence-electron chi connectivity index (χ3n) is 2.15. The molecule has 0 saturated heterocycles.